The van der Waals surface area contributed by atoms with Crippen LogP contribution in [0.4, 0.5) is 0 Å². The highest BCUT2D eigenvalue weighted by molar-refractivity contribution is 6.31. The second kappa shape index (κ2) is 7.26. The number of carboxylic acid groups (broad SMARTS) is 1. The number of amides is 1. The molecule has 24 heavy (non-hydrogen) atoms. The fourth-order valence-corrected chi connectivity index (χ4v) is 3.61. The third-order valence-electron chi connectivity index (χ3n) is 4.71. The van der Waals surface area contributed by atoms with Gasteiger partial charge in [0.25, 0.3) is 0 Å². The van der Waals surface area contributed by atoms with Crippen LogP contribution in [0, 0.1) is 5.92 Å². The summed E-state index contributed by atoms with van der Waals surface area (Å²) >= 11 is 5.99. The van der Waals surface area contributed by atoms with Gasteiger partial charge in [0, 0.05) is 41.6 Å². The number of hydrogen-bond donors (Lipinski definition) is 2. The van der Waals surface area contributed by atoms with Crippen LogP contribution >= 0.6 is 11.6 Å². The van der Waals surface area contributed by atoms with Gasteiger partial charge in [-0.3, -0.25) is 9.59 Å². The Labute approximate surface area is 145 Å². The van der Waals surface area contributed by atoms with Gasteiger partial charge in [0.05, 0.1) is 6.42 Å². The number of halogens is 1. The van der Waals surface area contributed by atoms with E-state index in [0.29, 0.717) is 30.3 Å². The molecule has 1 aromatic heterocycles. The first-order valence-corrected chi connectivity index (χ1v) is 8.66. The van der Waals surface area contributed by atoms with Gasteiger partial charge in [-0.25, -0.2) is 0 Å². The molecule has 2 aromatic rings. The Morgan fingerprint density at radius 1 is 1.38 bits per heavy atom. The molecular weight excluding hydrogens is 328 g/mol. The maximum absolute atomic E-state index is 12.6. The number of piperidine rings is 1. The zero-order valence-electron chi connectivity index (χ0n) is 13.4. The number of aromatic amines is 1. The monoisotopic (exact) mass is 348 g/mol. The van der Waals surface area contributed by atoms with E-state index in [1.54, 1.807) is 0 Å². The molecule has 1 aromatic carbocycles. The van der Waals surface area contributed by atoms with Gasteiger partial charge in [-0.15, -0.1) is 0 Å². The smallest absolute Gasteiger partial charge is 0.303 e. The number of likely N-dealkylation sites (tertiary alicyclic amines) is 1. The molecule has 2 N–H and O–H groups in total. The Morgan fingerprint density at radius 2 is 2.21 bits per heavy atom. The first-order valence-electron chi connectivity index (χ1n) is 8.28. The van der Waals surface area contributed by atoms with E-state index in [-0.39, 0.29) is 12.3 Å². The van der Waals surface area contributed by atoms with E-state index in [9.17, 15) is 9.59 Å². The summed E-state index contributed by atoms with van der Waals surface area (Å²) in [5.74, 6) is -0.373. The molecule has 0 aliphatic carbocycles. The topological polar surface area (TPSA) is 73.4 Å². The minimum atomic E-state index is -0.768. The first kappa shape index (κ1) is 16.8. The van der Waals surface area contributed by atoms with Crippen molar-refractivity contribution in [3.63, 3.8) is 0 Å². The third kappa shape index (κ3) is 3.90. The molecular formula is C18H21ClN2O3. The van der Waals surface area contributed by atoms with E-state index in [1.807, 2.05) is 29.3 Å². The molecule has 3 rings (SSSR count). The Balaban J connectivity index is 1.64. The highest BCUT2D eigenvalue weighted by atomic mass is 35.5. The van der Waals surface area contributed by atoms with E-state index < -0.39 is 5.97 Å². The number of aliphatic carboxylic acids is 1. The van der Waals surface area contributed by atoms with Gasteiger partial charge in [-0.1, -0.05) is 17.7 Å². The average Bonchev–Trinajstić information content (AvgIpc) is 2.95. The second-order valence-electron chi connectivity index (χ2n) is 6.46. The van der Waals surface area contributed by atoms with Crippen LogP contribution in [0.3, 0.4) is 0 Å². The number of fused-ring (bicyclic) bond motifs is 1. The Hall–Kier alpha value is -2.01. The second-order valence-corrected chi connectivity index (χ2v) is 6.90. The van der Waals surface area contributed by atoms with Crippen molar-refractivity contribution in [2.75, 3.05) is 13.1 Å². The average molecular weight is 349 g/mol. The summed E-state index contributed by atoms with van der Waals surface area (Å²) in [7, 11) is 0. The van der Waals surface area contributed by atoms with E-state index in [0.717, 1.165) is 35.9 Å². The minimum absolute atomic E-state index is 0.103. The lowest BCUT2D eigenvalue weighted by atomic mass is 9.93. The fraction of sp³-hybridized carbons (Fsp3) is 0.444. The Morgan fingerprint density at radius 3 is 3.00 bits per heavy atom. The molecule has 1 aliphatic rings. The van der Waals surface area contributed by atoms with E-state index in [4.69, 9.17) is 16.7 Å². The van der Waals surface area contributed by atoms with Gasteiger partial charge in [0.2, 0.25) is 5.91 Å². The van der Waals surface area contributed by atoms with Crippen LogP contribution in [-0.4, -0.2) is 40.0 Å². The Kier molecular flexibility index (Phi) is 5.09. The van der Waals surface area contributed by atoms with Gasteiger partial charge in [-0.2, -0.15) is 0 Å². The molecule has 6 heteroatoms. The molecule has 0 saturated carbocycles. The molecule has 0 radical (unpaired) electrons. The molecule has 128 valence electrons. The van der Waals surface area contributed by atoms with Crippen LogP contribution in [0.2, 0.25) is 5.02 Å². The SMILES string of the molecule is O=C(O)CC[C@@H]1CCCN(C(=O)Cc2c[nH]c3cc(Cl)ccc23)C1. The molecule has 1 amide bonds. The Bertz CT molecular complexity index is 756. The first-order chi connectivity index (χ1) is 11.5. The van der Waals surface area contributed by atoms with E-state index in [1.165, 1.54) is 0 Å². The molecule has 0 spiro atoms. The van der Waals surface area contributed by atoms with Gasteiger partial charge >= 0.3 is 5.97 Å². The number of carbonyl (C=O) groups is 2. The lowest BCUT2D eigenvalue weighted by Gasteiger charge is -2.32. The molecule has 1 fully saturated rings. The number of carbonyl (C=O) groups excluding carboxylic acids is 1. The third-order valence-corrected chi connectivity index (χ3v) is 4.94. The number of hydrogen-bond acceptors (Lipinski definition) is 2. The summed E-state index contributed by atoms with van der Waals surface area (Å²) in [4.78, 5) is 28.4. The number of nitrogens with zero attached hydrogens (tertiary/aromatic N) is 1. The van der Waals surface area contributed by atoms with Crippen LogP contribution in [0.25, 0.3) is 10.9 Å². The standard InChI is InChI=1S/C18H21ClN2O3/c19-14-4-5-15-13(10-20-16(15)9-14)8-17(22)21-7-1-2-12(11-21)3-6-18(23)24/h4-5,9-10,12,20H,1-3,6-8,11H2,(H,23,24)/t12-/m0/s1. The number of benzene rings is 1. The van der Waals surface area contributed by atoms with Crippen LogP contribution < -0.4 is 0 Å². The summed E-state index contributed by atoms with van der Waals surface area (Å²) in [5.41, 5.74) is 1.91. The van der Waals surface area contributed by atoms with Crippen molar-refractivity contribution in [3.8, 4) is 0 Å². The highest BCUT2D eigenvalue weighted by Crippen LogP contribution is 2.25. The van der Waals surface area contributed by atoms with Gasteiger partial charge in [0.15, 0.2) is 0 Å². The van der Waals surface area contributed by atoms with Gasteiger partial charge in [-0.05, 0) is 42.9 Å². The quantitative estimate of drug-likeness (QED) is 0.868. The molecule has 0 bridgehead atoms. The maximum atomic E-state index is 12.6. The molecule has 0 unspecified atom stereocenters. The van der Waals surface area contributed by atoms with Crippen molar-refractivity contribution >= 4 is 34.4 Å². The van der Waals surface area contributed by atoms with E-state index in [2.05, 4.69) is 4.98 Å². The number of aromatic nitrogens is 1. The predicted octanol–water partition coefficient (Wildman–Crippen LogP) is 3.47. The largest absolute Gasteiger partial charge is 0.481 e. The fourth-order valence-electron chi connectivity index (χ4n) is 3.43. The van der Waals surface area contributed by atoms with Crippen LogP contribution in [0.15, 0.2) is 24.4 Å². The van der Waals surface area contributed by atoms with Crippen molar-refractivity contribution in [1.82, 2.24) is 9.88 Å². The summed E-state index contributed by atoms with van der Waals surface area (Å²) in [6.07, 6.45) is 4.99. The summed E-state index contributed by atoms with van der Waals surface area (Å²) in [6.45, 7) is 1.43. The van der Waals surface area contributed by atoms with Crippen LogP contribution in [0.1, 0.15) is 31.2 Å². The minimum Gasteiger partial charge on any atom is -0.481 e. The normalized spacial score (nSPS) is 18.0. The van der Waals surface area contributed by atoms with Crippen molar-refractivity contribution < 1.29 is 14.7 Å². The van der Waals surface area contributed by atoms with Crippen molar-refractivity contribution in [2.45, 2.75) is 32.1 Å². The molecule has 2 heterocycles. The summed E-state index contributed by atoms with van der Waals surface area (Å²) in [5, 5.41) is 10.5. The zero-order chi connectivity index (χ0) is 17.1. The van der Waals surface area contributed by atoms with Gasteiger partial charge in [0.1, 0.15) is 0 Å². The summed E-state index contributed by atoms with van der Waals surface area (Å²) < 4.78 is 0. The van der Waals surface area contributed by atoms with Crippen molar-refractivity contribution in [2.24, 2.45) is 5.92 Å². The van der Waals surface area contributed by atoms with E-state index >= 15 is 0 Å². The lowest BCUT2D eigenvalue weighted by Crippen LogP contribution is -2.40. The van der Waals surface area contributed by atoms with Crippen molar-refractivity contribution in [1.29, 1.82) is 0 Å². The number of rotatable bonds is 5. The molecule has 1 atom stereocenters. The molecule has 1 aliphatic heterocycles. The lowest BCUT2D eigenvalue weighted by molar-refractivity contribution is -0.137. The number of carboxylic acids is 1. The van der Waals surface area contributed by atoms with Crippen LogP contribution in [-0.2, 0) is 16.0 Å². The number of H-pyrrole nitrogens is 1. The maximum Gasteiger partial charge on any atom is 0.303 e. The zero-order valence-corrected chi connectivity index (χ0v) is 14.2. The molecule has 5 nitrogen and oxygen atoms in total. The number of nitrogens with one attached hydrogen (secondary N) is 1. The van der Waals surface area contributed by atoms with Crippen LogP contribution in [0.5, 0.6) is 0 Å². The predicted molar refractivity (Wildman–Crippen MR) is 93.2 cm³/mol. The highest BCUT2D eigenvalue weighted by Gasteiger charge is 2.24. The molecule has 1 saturated heterocycles. The summed E-state index contributed by atoms with van der Waals surface area (Å²) in [6, 6.07) is 5.62. The van der Waals surface area contributed by atoms with Crippen molar-refractivity contribution in [3.05, 3.63) is 35.0 Å². The van der Waals surface area contributed by atoms with Gasteiger partial charge < -0.3 is 15.0 Å².